The Morgan fingerprint density at radius 1 is 1.07 bits per heavy atom. The molecule has 8 nitrogen and oxygen atoms in total. The highest BCUT2D eigenvalue weighted by Gasteiger charge is 2.28. The number of carbonyl (C=O) groups excluding carboxylic acids is 2. The van der Waals surface area contributed by atoms with Crippen LogP contribution in [0.5, 0.6) is 5.75 Å². The van der Waals surface area contributed by atoms with Crippen molar-refractivity contribution in [2.24, 2.45) is 0 Å². The lowest BCUT2D eigenvalue weighted by atomic mass is 10.1. The van der Waals surface area contributed by atoms with Gasteiger partial charge in [0.05, 0.1) is 29.4 Å². The van der Waals surface area contributed by atoms with E-state index in [1.165, 1.54) is 23.4 Å². The number of rotatable bonds is 5. The molecule has 0 saturated carbocycles. The van der Waals surface area contributed by atoms with Crippen LogP contribution < -0.4 is 5.32 Å². The second-order valence-electron chi connectivity index (χ2n) is 6.25. The molecule has 0 bridgehead atoms. The van der Waals surface area contributed by atoms with E-state index in [4.69, 9.17) is 4.74 Å². The molecule has 0 aromatic heterocycles. The number of morpholine rings is 1. The van der Waals surface area contributed by atoms with Gasteiger partial charge in [0.15, 0.2) is 5.78 Å². The molecule has 148 valence electrons. The first kappa shape index (κ1) is 20.0. The van der Waals surface area contributed by atoms with E-state index < -0.39 is 15.9 Å². The average molecular weight is 404 g/mol. The zero-order chi connectivity index (χ0) is 20.3. The monoisotopic (exact) mass is 404 g/mol. The van der Waals surface area contributed by atoms with Crippen LogP contribution >= 0.6 is 0 Å². The highest BCUT2D eigenvalue weighted by molar-refractivity contribution is 7.89. The number of sulfonamides is 1. The maximum absolute atomic E-state index is 12.8. The topological polar surface area (TPSA) is 113 Å². The Labute approximate surface area is 162 Å². The lowest BCUT2D eigenvalue weighted by Gasteiger charge is -2.26. The molecule has 2 aromatic rings. The molecule has 0 spiro atoms. The summed E-state index contributed by atoms with van der Waals surface area (Å²) >= 11 is 0. The lowest BCUT2D eigenvalue weighted by Crippen LogP contribution is -2.40. The molecule has 1 amide bonds. The van der Waals surface area contributed by atoms with E-state index in [1.54, 1.807) is 24.3 Å². The highest BCUT2D eigenvalue weighted by Crippen LogP contribution is 2.26. The number of phenols is 1. The van der Waals surface area contributed by atoms with Crippen molar-refractivity contribution in [2.75, 3.05) is 31.6 Å². The fraction of sp³-hybridized carbons (Fsp3) is 0.263. The van der Waals surface area contributed by atoms with E-state index in [-0.39, 0.29) is 40.8 Å². The van der Waals surface area contributed by atoms with Gasteiger partial charge in [0.1, 0.15) is 5.75 Å². The van der Waals surface area contributed by atoms with Gasteiger partial charge < -0.3 is 15.2 Å². The Balaban J connectivity index is 1.91. The number of hydrogen-bond donors (Lipinski definition) is 2. The van der Waals surface area contributed by atoms with Gasteiger partial charge in [-0.25, -0.2) is 8.42 Å². The molecule has 1 aliphatic rings. The first-order valence-corrected chi connectivity index (χ1v) is 10.1. The third-order valence-corrected chi connectivity index (χ3v) is 6.27. The zero-order valence-corrected chi connectivity index (χ0v) is 16.0. The number of Topliss-reactive ketones (excluding diaryl/α,β-unsaturated/α-hetero) is 1. The van der Waals surface area contributed by atoms with E-state index in [2.05, 4.69) is 5.32 Å². The quantitative estimate of drug-likeness (QED) is 0.736. The van der Waals surface area contributed by atoms with E-state index in [0.717, 1.165) is 6.07 Å². The first-order valence-electron chi connectivity index (χ1n) is 8.63. The van der Waals surface area contributed by atoms with Crippen LogP contribution in [-0.4, -0.2) is 55.8 Å². The van der Waals surface area contributed by atoms with Crippen molar-refractivity contribution >= 4 is 27.4 Å². The Bertz CT molecular complexity index is 1010. The van der Waals surface area contributed by atoms with Crippen molar-refractivity contribution in [1.29, 1.82) is 0 Å². The average Bonchev–Trinajstić information content (AvgIpc) is 2.69. The normalized spacial score (nSPS) is 15.2. The van der Waals surface area contributed by atoms with Crippen LogP contribution in [0.2, 0.25) is 0 Å². The van der Waals surface area contributed by atoms with Crippen LogP contribution in [-0.2, 0) is 14.8 Å². The maximum atomic E-state index is 12.8. The number of benzene rings is 2. The third kappa shape index (κ3) is 4.06. The molecule has 0 aliphatic carbocycles. The minimum atomic E-state index is -3.82. The summed E-state index contributed by atoms with van der Waals surface area (Å²) in [5.74, 6) is -1.31. The van der Waals surface area contributed by atoms with Crippen molar-refractivity contribution in [2.45, 2.75) is 11.8 Å². The smallest absolute Gasteiger partial charge is 0.259 e. The van der Waals surface area contributed by atoms with Gasteiger partial charge in [0.25, 0.3) is 5.91 Å². The van der Waals surface area contributed by atoms with Gasteiger partial charge in [0, 0.05) is 18.7 Å². The number of ketones is 1. The van der Waals surface area contributed by atoms with Crippen molar-refractivity contribution in [3.8, 4) is 5.75 Å². The van der Waals surface area contributed by atoms with E-state index in [9.17, 15) is 23.1 Å². The third-order valence-electron chi connectivity index (χ3n) is 4.38. The SMILES string of the molecule is CC(=O)c1ccccc1NC(=O)c1cc(S(=O)(=O)N2CCOCC2)ccc1O. The number of hydrogen-bond acceptors (Lipinski definition) is 6. The number of nitrogens with one attached hydrogen (secondary N) is 1. The molecule has 0 radical (unpaired) electrons. The molecule has 1 aliphatic heterocycles. The molecule has 2 N–H and O–H groups in total. The summed E-state index contributed by atoms with van der Waals surface area (Å²) in [7, 11) is -3.82. The van der Waals surface area contributed by atoms with Crippen molar-refractivity contribution in [3.63, 3.8) is 0 Å². The molecule has 2 aromatic carbocycles. The van der Waals surface area contributed by atoms with Gasteiger partial charge in [0.2, 0.25) is 10.0 Å². The fourth-order valence-electron chi connectivity index (χ4n) is 2.88. The molecule has 3 rings (SSSR count). The van der Waals surface area contributed by atoms with Crippen LogP contribution in [0.25, 0.3) is 0 Å². The van der Waals surface area contributed by atoms with Gasteiger partial charge in [-0.05, 0) is 37.3 Å². The molecule has 1 fully saturated rings. The molecular formula is C19H20N2O6S. The van der Waals surface area contributed by atoms with Crippen LogP contribution in [0.4, 0.5) is 5.69 Å². The summed E-state index contributed by atoms with van der Waals surface area (Å²) in [6.45, 7) is 2.41. The summed E-state index contributed by atoms with van der Waals surface area (Å²) in [4.78, 5) is 24.3. The number of phenolic OH excluding ortho intramolecular Hbond substituents is 1. The van der Waals surface area contributed by atoms with E-state index in [0.29, 0.717) is 18.8 Å². The maximum Gasteiger partial charge on any atom is 0.259 e. The largest absolute Gasteiger partial charge is 0.507 e. The van der Waals surface area contributed by atoms with Gasteiger partial charge in [-0.3, -0.25) is 9.59 Å². The Kier molecular flexibility index (Phi) is 5.78. The van der Waals surface area contributed by atoms with Crippen molar-refractivity contribution in [1.82, 2.24) is 4.31 Å². The minimum absolute atomic E-state index is 0.0998. The molecular weight excluding hydrogens is 384 g/mol. The number of amides is 1. The summed E-state index contributed by atoms with van der Waals surface area (Å²) in [5, 5.41) is 12.6. The minimum Gasteiger partial charge on any atom is -0.507 e. The van der Waals surface area contributed by atoms with E-state index >= 15 is 0 Å². The number of anilines is 1. The lowest BCUT2D eigenvalue weighted by molar-refractivity contribution is 0.0730. The molecule has 0 atom stereocenters. The van der Waals surface area contributed by atoms with Crippen LogP contribution in [0.3, 0.4) is 0 Å². The molecule has 9 heteroatoms. The number of aromatic hydroxyl groups is 1. The summed E-state index contributed by atoms with van der Waals surface area (Å²) in [6, 6.07) is 9.99. The number of para-hydroxylation sites is 1. The zero-order valence-electron chi connectivity index (χ0n) is 15.2. The van der Waals surface area contributed by atoms with Crippen LogP contribution in [0.15, 0.2) is 47.4 Å². The predicted molar refractivity (Wildman–Crippen MR) is 102 cm³/mol. The second kappa shape index (κ2) is 8.09. The Hall–Kier alpha value is -2.75. The Morgan fingerprint density at radius 2 is 1.75 bits per heavy atom. The summed E-state index contributed by atoms with van der Waals surface area (Å²) in [6.07, 6.45) is 0. The van der Waals surface area contributed by atoms with Crippen LogP contribution in [0, 0.1) is 0 Å². The molecule has 28 heavy (non-hydrogen) atoms. The predicted octanol–water partition coefficient (Wildman–Crippen LogP) is 1.87. The van der Waals surface area contributed by atoms with Crippen molar-refractivity contribution in [3.05, 3.63) is 53.6 Å². The Morgan fingerprint density at radius 3 is 2.43 bits per heavy atom. The van der Waals surface area contributed by atoms with Gasteiger partial charge in [-0.15, -0.1) is 0 Å². The van der Waals surface area contributed by atoms with E-state index in [1.807, 2.05) is 0 Å². The number of ether oxygens (including phenoxy) is 1. The molecule has 1 saturated heterocycles. The summed E-state index contributed by atoms with van der Waals surface area (Å²) < 4.78 is 32.0. The standard InChI is InChI=1S/C19H20N2O6S/c1-13(22)15-4-2-3-5-17(15)20-19(24)16-12-14(6-7-18(16)23)28(25,26)21-8-10-27-11-9-21/h2-7,12,23H,8-11H2,1H3,(H,20,24). The summed E-state index contributed by atoms with van der Waals surface area (Å²) in [5.41, 5.74) is 0.390. The second-order valence-corrected chi connectivity index (χ2v) is 8.19. The van der Waals surface area contributed by atoms with Crippen molar-refractivity contribution < 1.29 is 27.9 Å². The van der Waals surface area contributed by atoms with Gasteiger partial charge in [-0.1, -0.05) is 12.1 Å². The van der Waals surface area contributed by atoms with Gasteiger partial charge in [-0.2, -0.15) is 4.31 Å². The van der Waals surface area contributed by atoms with Crippen LogP contribution in [0.1, 0.15) is 27.6 Å². The highest BCUT2D eigenvalue weighted by atomic mass is 32.2. The first-order chi connectivity index (χ1) is 13.3. The van der Waals surface area contributed by atoms with Gasteiger partial charge >= 0.3 is 0 Å². The molecule has 1 heterocycles. The number of nitrogens with zero attached hydrogens (tertiary/aromatic N) is 1. The fourth-order valence-corrected chi connectivity index (χ4v) is 4.32. The number of carbonyl (C=O) groups is 2. The molecule has 0 unspecified atom stereocenters.